The van der Waals surface area contributed by atoms with Gasteiger partial charge >= 0.3 is 0 Å². The van der Waals surface area contributed by atoms with Crippen molar-refractivity contribution in [1.29, 1.82) is 0 Å². The summed E-state index contributed by atoms with van der Waals surface area (Å²) in [6.07, 6.45) is 4.60. The highest BCUT2D eigenvalue weighted by atomic mass is 35.5. The third kappa shape index (κ3) is 2.44. The quantitative estimate of drug-likeness (QED) is 0.866. The number of hydrogen-bond donors (Lipinski definition) is 0. The lowest BCUT2D eigenvalue weighted by Gasteiger charge is -2.23. The van der Waals surface area contributed by atoms with Crippen LogP contribution in [0.2, 0.25) is 5.15 Å². The molecular weight excluding hydrogens is 302 g/mol. The van der Waals surface area contributed by atoms with Crippen molar-refractivity contribution in [2.24, 2.45) is 7.05 Å². The summed E-state index contributed by atoms with van der Waals surface area (Å²) in [6, 6.07) is 0.289. The van der Waals surface area contributed by atoms with E-state index in [0.717, 1.165) is 41.7 Å². The molecule has 1 aliphatic heterocycles. The summed E-state index contributed by atoms with van der Waals surface area (Å²) < 4.78 is 7.55. The number of likely N-dealkylation sites (tertiary alicyclic amines) is 1. The molecule has 0 amide bonds. The molecule has 0 spiro atoms. The third-order valence-electron chi connectivity index (χ3n) is 4.64. The summed E-state index contributed by atoms with van der Waals surface area (Å²) in [5.41, 5.74) is 2.15. The normalized spacial score (nSPS) is 22.6. The summed E-state index contributed by atoms with van der Waals surface area (Å²) in [4.78, 5) is 2.38. The molecule has 7 heteroatoms. The Morgan fingerprint density at radius 2 is 2.09 bits per heavy atom. The van der Waals surface area contributed by atoms with Gasteiger partial charge in [0.05, 0.1) is 12.2 Å². The first-order chi connectivity index (χ1) is 10.6. The van der Waals surface area contributed by atoms with E-state index in [0.29, 0.717) is 18.4 Å². The van der Waals surface area contributed by atoms with Crippen molar-refractivity contribution in [2.75, 3.05) is 6.54 Å². The Kier molecular flexibility index (Phi) is 3.46. The molecule has 3 heterocycles. The monoisotopic (exact) mass is 321 g/mol. The Morgan fingerprint density at radius 3 is 2.77 bits per heavy atom. The molecule has 4 rings (SSSR count). The molecule has 2 aliphatic rings. The number of aromatic nitrogens is 4. The van der Waals surface area contributed by atoms with Crippen molar-refractivity contribution >= 4 is 11.6 Å². The van der Waals surface area contributed by atoms with Gasteiger partial charge in [-0.3, -0.25) is 9.58 Å². The van der Waals surface area contributed by atoms with Crippen LogP contribution in [0.3, 0.4) is 0 Å². The summed E-state index contributed by atoms with van der Waals surface area (Å²) >= 11 is 6.44. The van der Waals surface area contributed by atoms with Gasteiger partial charge in [0.1, 0.15) is 5.15 Å². The summed E-state index contributed by atoms with van der Waals surface area (Å²) in [6.45, 7) is 3.74. The van der Waals surface area contributed by atoms with Gasteiger partial charge in [-0.15, -0.1) is 10.2 Å². The first kappa shape index (κ1) is 14.2. The highest BCUT2D eigenvalue weighted by Gasteiger charge is 2.33. The molecule has 22 heavy (non-hydrogen) atoms. The maximum atomic E-state index is 6.44. The molecular formula is C15H20ClN5O. The van der Waals surface area contributed by atoms with Crippen LogP contribution in [0, 0.1) is 6.92 Å². The van der Waals surface area contributed by atoms with Crippen LogP contribution in [0.25, 0.3) is 0 Å². The average Bonchev–Trinajstić information content (AvgIpc) is 2.98. The Morgan fingerprint density at radius 1 is 1.27 bits per heavy atom. The molecule has 1 atom stereocenters. The van der Waals surface area contributed by atoms with E-state index in [1.807, 2.05) is 14.0 Å². The van der Waals surface area contributed by atoms with E-state index in [9.17, 15) is 0 Å². The lowest BCUT2D eigenvalue weighted by atomic mass is 10.1. The van der Waals surface area contributed by atoms with Gasteiger partial charge in [0.15, 0.2) is 0 Å². The van der Waals surface area contributed by atoms with Crippen LogP contribution in [0.4, 0.5) is 0 Å². The third-order valence-corrected chi connectivity index (χ3v) is 5.09. The highest BCUT2D eigenvalue weighted by molar-refractivity contribution is 6.30. The van der Waals surface area contributed by atoms with Crippen molar-refractivity contribution in [2.45, 2.75) is 51.1 Å². The lowest BCUT2D eigenvalue weighted by Crippen LogP contribution is -2.23. The summed E-state index contributed by atoms with van der Waals surface area (Å²) in [5.74, 6) is 2.03. The minimum absolute atomic E-state index is 0.289. The second-order valence-corrected chi connectivity index (χ2v) is 6.71. The van der Waals surface area contributed by atoms with Crippen LogP contribution in [0.5, 0.6) is 0 Å². The second-order valence-electron chi connectivity index (χ2n) is 6.35. The van der Waals surface area contributed by atoms with Crippen molar-refractivity contribution in [3.8, 4) is 0 Å². The number of nitrogens with zero attached hydrogens (tertiary/aromatic N) is 5. The van der Waals surface area contributed by atoms with E-state index in [1.54, 1.807) is 4.68 Å². The molecule has 1 aliphatic carbocycles. The largest absolute Gasteiger partial charge is 0.424 e. The van der Waals surface area contributed by atoms with E-state index in [4.69, 9.17) is 16.0 Å². The molecule has 0 radical (unpaired) electrons. The maximum absolute atomic E-state index is 6.44. The number of rotatable bonds is 4. The van der Waals surface area contributed by atoms with Gasteiger partial charge in [0.2, 0.25) is 11.8 Å². The first-order valence-electron chi connectivity index (χ1n) is 7.89. The highest BCUT2D eigenvalue weighted by Crippen LogP contribution is 2.40. The van der Waals surface area contributed by atoms with Crippen LogP contribution < -0.4 is 0 Å². The predicted molar refractivity (Wildman–Crippen MR) is 81.6 cm³/mol. The Labute approximate surface area is 134 Å². The predicted octanol–water partition coefficient (Wildman–Crippen LogP) is 2.98. The van der Waals surface area contributed by atoms with Gasteiger partial charge < -0.3 is 4.42 Å². The molecule has 0 bridgehead atoms. The van der Waals surface area contributed by atoms with Crippen LogP contribution >= 0.6 is 11.6 Å². The zero-order valence-corrected chi connectivity index (χ0v) is 13.7. The van der Waals surface area contributed by atoms with Gasteiger partial charge in [-0.05, 0) is 39.2 Å². The standard InChI is InChI=1S/C15H20ClN5O/c1-9-13(14(16)20(2)19-9)11-4-3-7-21(11)8-12-17-18-15(22-12)10-5-6-10/h10-11H,3-8H2,1-2H3. The molecule has 0 N–H and O–H groups in total. The van der Waals surface area contributed by atoms with Crippen molar-refractivity contribution < 1.29 is 4.42 Å². The molecule has 1 saturated carbocycles. The number of aryl methyl sites for hydroxylation is 2. The van der Waals surface area contributed by atoms with Gasteiger partial charge in [0.25, 0.3) is 0 Å². The smallest absolute Gasteiger partial charge is 0.230 e. The Balaban J connectivity index is 1.55. The Hall–Kier alpha value is -1.40. The van der Waals surface area contributed by atoms with Crippen molar-refractivity contribution in [1.82, 2.24) is 24.9 Å². The SMILES string of the molecule is Cc1nn(C)c(Cl)c1C1CCCN1Cc1nnc(C2CC2)o1. The summed E-state index contributed by atoms with van der Waals surface area (Å²) in [5, 5.41) is 13.6. The average molecular weight is 322 g/mol. The fraction of sp³-hybridized carbons (Fsp3) is 0.667. The van der Waals surface area contributed by atoms with E-state index in [1.165, 1.54) is 12.8 Å². The molecule has 2 aromatic heterocycles. The van der Waals surface area contributed by atoms with E-state index in [2.05, 4.69) is 20.2 Å². The number of hydrogen-bond acceptors (Lipinski definition) is 5. The van der Waals surface area contributed by atoms with E-state index in [-0.39, 0.29) is 6.04 Å². The first-order valence-corrected chi connectivity index (χ1v) is 8.26. The van der Waals surface area contributed by atoms with E-state index >= 15 is 0 Å². The molecule has 6 nitrogen and oxygen atoms in total. The van der Waals surface area contributed by atoms with Crippen molar-refractivity contribution in [3.63, 3.8) is 0 Å². The molecule has 1 saturated heterocycles. The van der Waals surface area contributed by atoms with Crippen LogP contribution in [-0.2, 0) is 13.6 Å². The second kappa shape index (κ2) is 5.35. The van der Waals surface area contributed by atoms with Gasteiger partial charge in [-0.1, -0.05) is 11.6 Å². The van der Waals surface area contributed by atoms with Crippen LogP contribution in [0.15, 0.2) is 4.42 Å². The van der Waals surface area contributed by atoms with E-state index < -0.39 is 0 Å². The molecule has 1 unspecified atom stereocenters. The van der Waals surface area contributed by atoms with Crippen LogP contribution in [0.1, 0.15) is 60.7 Å². The van der Waals surface area contributed by atoms with Gasteiger partial charge in [-0.2, -0.15) is 5.10 Å². The topological polar surface area (TPSA) is 60.0 Å². The van der Waals surface area contributed by atoms with Gasteiger partial charge in [0, 0.05) is 24.6 Å². The summed E-state index contributed by atoms with van der Waals surface area (Å²) in [7, 11) is 1.89. The maximum Gasteiger partial charge on any atom is 0.230 e. The fourth-order valence-electron chi connectivity index (χ4n) is 3.37. The zero-order valence-electron chi connectivity index (χ0n) is 12.9. The lowest BCUT2D eigenvalue weighted by molar-refractivity contribution is 0.221. The molecule has 2 aromatic rings. The zero-order chi connectivity index (χ0) is 15.3. The Bertz CT molecular complexity index is 690. The van der Waals surface area contributed by atoms with Crippen molar-refractivity contribution in [3.05, 3.63) is 28.2 Å². The molecule has 118 valence electrons. The minimum Gasteiger partial charge on any atom is -0.424 e. The fourth-order valence-corrected chi connectivity index (χ4v) is 3.67. The molecule has 0 aromatic carbocycles. The van der Waals surface area contributed by atoms with Crippen LogP contribution in [-0.4, -0.2) is 31.4 Å². The minimum atomic E-state index is 0.289. The molecule has 2 fully saturated rings. The van der Waals surface area contributed by atoms with Gasteiger partial charge in [-0.25, -0.2) is 0 Å². The number of halogens is 1.